The molecule has 6 heteroatoms. The van der Waals surface area contributed by atoms with Crippen molar-refractivity contribution < 1.29 is 0 Å². The van der Waals surface area contributed by atoms with Crippen molar-refractivity contribution in [2.75, 3.05) is 9.80 Å². The fourth-order valence-corrected chi connectivity index (χ4v) is 25.1. The average Bonchev–Trinajstić information content (AvgIpc) is 0.732. The van der Waals surface area contributed by atoms with Crippen LogP contribution >= 0.6 is 0 Å². The highest BCUT2D eigenvalue weighted by molar-refractivity contribution is 7.20. The lowest BCUT2D eigenvalue weighted by Gasteiger charge is -2.46. The van der Waals surface area contributed by atoms with Gasteiger partial charge in [-0.15, -0.1) is 0 Å². The van der Waals surface area contributed by atoms with Crippen molar-refractivity contribution in [3.05, 3.63) is 364 Å². The fraction of sp³-hybridized carbons (Fsp3) is 0. The average molecular weight is 1180 g/mol. The van der Waals surface area contributed by atoms with E-state index in [9.17, 15) is 0 Å². The lowest BCUT2D eigenvalue weighted by molar-refractivity contribution is 1.16. The molecule has 1 aromatic heterocycles. The molecular formula is C84H60BN3Si2. The van der Waals surface area contributed by atoms with Crippen molar-refractivity contribution in [1.82, 2.24) is 4.57 Å². The minimum absolute atomic E-state index is 0.206. The van der Waals surface area contributed by atoms with Gasteiger partial charge in [0.2, 0.25) is 0 Å². The zero-order valence-electron chi connectivity index (χ0n) is 49.6. The zero-order chi connectivity index (χ0) is 59.6. The number of para-hydroxylation sites is 3. The van der Waals surface area contributed by atoms with E-state index in [-0.39, 0.29) is 6.71 Å². The Labute approximate surface area is 528 Å². The summed E-state index contributed by atoms with van der Waals surface area (Å²) in [4.78, 5) is 5.20. The molecule has 422 valence electrons. The molecular weight excluding hydrogens is 1120 g/mol. The van der Waals surface area contributed by atoms with Gasteiger partial charge in [-0.1, -0.05) is 303 Å². The molecule has 15 aromatic rings. The first-order valence-corrected chi connectivity index (χ1v) is 35.3. The molecule has 14 aromatic carbocycles. The minimum Gasteiger partial charge on any atom is -0.311 e. The standard InChI is InChI=1S/C84H60BN3Si2/c1-9-30-61(31-10-1)73-48-29-51-80-83(73)85-76-60-72(90(68-40-19-6-20-41-68,69-42-21-7-22-43-69)70-44-23-8-24-45-70)56-57-79(76)86(63-52-54-71(55-53-63)89(65-34-13-3-14-35-65,66-36-15-4-16-37-66)67-38-17-5-18-39-67)81-58-64(59-82(84(81)85)87(80)62-32-11-2-12-33-62)88-77-49-27-25-46-74(77)75-47-26-28-50-78(75)88/h1-60H. The van der Waals surface area contributed by atoms with Crippen LogP contribution in [0.2, 0.25) is 0 Å². The normalized spacial score (nSPS) is 12.6. The van der Waals surface area contributed by atoms with E-state index in [1.165, 1.54) is 96.5 Å². The molecule has 17 rings (SSSR count). The lowest BCUT2D eigenvalue weighted by atomic mass is 9.32. The van der Waals surface area contributed by atoms with Gasteiger partial charge >= 0.3 is 0 Å². The summed E-state index contributed by atoms with van der Waals surface area (Å²) in [6, 6.07) is 138. The molecule has 2 aliphatic heterocycles. The summed E-state index contributed by atoms with van der Waals surface area (Å²) in [6.07, 6.45) is 0. The van der Waals surface area contributed by atoms with E-state index < -0.39 is 16.1 Å². The molecule has 0 bridgehead atoms. The molecule has 0 amide bonds. The van der Waals surface area contributed by atoms with Gasteiger partial charge in [-0.2, -0.15) is 0 Å². The van der Waals surface area contributed by atoms with E-state index in [1.54, 1.807) is 0 Å². The van der Waals surface area contributed by atoms with Gasteiger partial charge < -0.3 is 14.4 Å². The highest BCUT2D eigenvalue weighted by Crippen LogP contribution is 2.47. The molecule has 0 spiro atoms. The third-order valence-corrected chi connectivity index (χ3v) is 28.8. The summed E-state index contributed by atoms with van der Waals surface area (Å²) in [5.41, 5.74) is 16.5. The highest BCUT2D eigenvalue weighted by Gasteiger charge is 2.48. The van der Waals surface area contributed by atoms with Crippen LogP contribution in [0.4, 0.5) is 34.1 Å². The second-order valence-corrected chi connectivity index (χ2v) is 31.4. The highest BCUT2D eigenvalue weighted by atomic mass is 28.3. The number of nitrogens with zero attached hydrogens (tertiary/aromatic N) is 3. The monoisotopic (exact) mass is 1180 g/mol. The first-order valence-electron chi connectivity index (χ1n) is 31.3. The van der Waals surface area contributed by atoms with Crippen LogP contribution in [0.25, 0.3) is 38.6 Å². The van der Waals surface area contributed by atoms with Gasteiger partial charge in [0, 0.05) is 44.9 Å². The van der Waals surface area contributed by atoms with Crippen molar-refractivity contribution >= 4 is 137 Å². The van der Waals surface area contributed by atoms with E-state index in [0.717, 1.165) is 34.1 Å². The van der Waals surface area contributed by atoms with E-state index >= 15 is 0 Å². The Morgan fingerprint density at radius 1 is 0.233 bits per heavy atom. The van der Waals surface area contributed by atoms with E-state index in [0.29, 0.717) is 0 Å². The second-order valence-electron chi connectivity index (χ2n) is 23.8. The van der Waals surface area contributed by atoms with Gasteiger partial charge in [-0.3, -0.25) is 0 Å². The zero-order valence-corrected chi connectivity index (χ0v) is 51.6. The van der Waals surface area contributed by atoms with Crippen LogP contribution in [0.3, 0.4) is 0 Å². The molecule has 0 N–H and O–H groups in total. The van der Waals surface area contributed by atoms with Crippen LogP contribution < -0.4 is 67.7 Å². The van der Waals surface area contributed by atoms with Crippen LogP contribution in [-0.2, 0) is 0 Å². The molecule has 0 saturated heterocycles. The minimum atomic E-state index is -3.08. The summed E-state index contributed by atoms with van der Waals surface area (Å²) < 4.78 is 2.51. The van der Waals surface area contributed by atoms with Crippen molar-refractivity contribution in [2.45, 2.75) is 0 Å². The van der Waals surface area contributed by atoms with Crippen molar-refractivity contribution in [3.8, 4) is 16.8 Å². The summed E-state index contributed by atoms with van der Waals surface area (Å²) in [7, 11) is -5.98. The van der Waals surface area contributed by atoms with Crippen molar-refractivity contribution in [1.29, 1.82) is 0 Å². The van der Waals surface area contributed by atoms with Gasteiger partial charge in [0.15, 0.2) is 16.1 Å². The molecule has 0 atom stereocenters. The van der Waals surface area contributed by atoms with Crippen molar-refractivity contribution in [2.24, 2.45) is 0 Å². The third-order valence-electron chi connectivity index (χ3n) is 19.3. The number of anilines is 6. The molecule has 0 saturated carbocycles. The Hall–Kier alpha value is -11.0. The van der Waals surface area contributed by atoms with Crippen LogP contribution in [0.5, 0.6) is 0 Å². The van der Waals surface area contributed by atoms with Crippen LogP contribution in [-0.4, -0.2) is 27.4 Å². The number of rotatable bonds is 12. The number of hydrogen-bond donors (Lipinski definition) is 0. The van der Waals surface area contributed by atoms with E-state index in [2.05, 4.69) is 378 Å². The Balaban J connectivity index is 1.01. The molecule has 3 nitrogen and oxygen atoms in total. The number of benzene rings is 14. The van der Waals surface area contributed by atoms with Gasteiger partial charge in [-0.25, -0.2) is 0 Å². The lowest BCUT2D eigenvalue weighted by Crippen LogP contribution is -2.75. The second kappa shape index (κ2) is 22.0. The van der Waals surface area contributed by atoms with E-state index in [4.69, 9.17) is 0 Å². The summed E-state index contributed by atoms with van der Waals surface area (Å²) in [5.74, 6) is 0. The van der Waals surface area contributed by atoms with Crippen LogP contribution in [0.1, 0.15) is 0 Å². The molecule has 90 heavy (non-hydrogen) atoms. The molecule has 0 aliphatic carbocycles. The summed E-state index contributed by atoms with van der Waals surface area (Å²) >= 11 is 0. The summed E-state index contributed by atoms with van der Waals surface area (Å²) in [5, 5.41) is 13.2. The summed E-state index contributed by atoms with van der Waals surface area (Å²) in [6.45, 7) is -0.206. The maximum Gasteiger partial charge on any atom is 0.252 e. The predicted octanol–water partition coefficient (Wildman–Crippen LogP) is 13.3. The molecule has 0 radical (unpaired) electrons. The van der Waals surface area contributed by atoms with E-state index in [1.807, 2.05) is 0 Å². The van der Waals surface area contributed by atoms with Crippen LogP contribution in [0, 0.1) is 0 Å². The fourth-order valence-electron chi connectivity index (χ4n) is 15.6. The van der Waals surface area contributed by atoms with Crippen LogP contribution in [0.15, 0.2) is 364 Å². The Kier molecular flexibility index (Phi) is 13.0. The predicted molar refractivity (Wildman–Crippen MR) is 387 cm³/mol. The first-order chi connectivity index (χ1) is 44.7. The Morgan fingerprint density at radius 3 is 1.07 bits per heavy atom. The Bertz CT molecular complexity index is 4860. The molecule has 0 fully saturated rings. The van der Waals surface area contributed by atoms with Gasteiger partial charge in [-0.05, 0) is 130 Å². The topological polar surface area (TPSA) is 11.4 Å². The van der Waals surface area contributed by atoms with Gasteiger partial charge in [0.25, 0.3) is 6.71 Å². The number of aromatic nitrogens is 1. The number of hydrogen-bond acceptors (Lipinski definition) is 2. The maximum atomic E-state index is 2.66. The largest absolute Gasteiger partial charge is 0.311 e. The molecule has 3 heterocycles. The van der Waals surface area contributed by atoms with Crippen molar-refractivity contribution in [3.63, 3.8) is 0 Å². The number of fused-ring (bicyclic) bond motifs is 7. The Morgan fingerprint density at radius 2 is 0.600 bits per heavy atom. The van der Waals surface area contributed by atoms with Gasteiger partial charge in [0.05, 0.1) is 16.7 Å². The quantitative estimate of drug-likeness (QED) is 0.0892. The SMILES string of the molecule is c1ccc(-c2cccc3c2B2c4cc([Si](c5ccccc5)(c5ccccc5)c5ccccc5)ccc4N(c4ccc([Si](c5ccccc5)(c5ccccc5)c5ccccc5)cc4)c4cc(-n5c6ccccc6c6ccccc65)cc(c42)N3c2ccccc2)cc1. The van der Waals surface area contributed by atoms with Gasteiger partial charge in [0.1, 0.15) is 0 Å². The molecule has 2 aliphatic rings. The first kappa shape index (κ1) is 53.2. The maximum absolute atomic E-state index is 3.08. The molecule has 0 unspecified atom stereocenters. The smallest absolute Gasteiger partial charge is 0.252 e. The third kappa shape index (κ3) is 8.26.